The maximum Gasteiger partial charge on any atom is 0.542 e. The first kappa shape index (κ1) is 19.1. The minimum atomic E-state index is -0.933. The highest BCUT2D eigenvalue weighted by molar-refractivity contribution is 5.58. The van der Waals surface area contributed by atoms with Gasteiger partial charge in [-0.1, -0.05) is 40.0 Å². The van der Waals surface area contributed by atoms with E-state index in [1.807, 2.05) is 20.8 Å². The molecule has 1 atom stereocenters. The summed E-state index contributed by atoms with van der Waals surface area (Å²) in [6.45, 7) is 10.1. The fraction of sp³-hybridized carbons (Fsp3) is 0.929. The highest BCUT2D eigenvalue weighted by Crippen LogP contribution is 2.14. The molecule has 0 aliphatic carbocycles. The molecule has 0 amide bonds. The first-order chi connectivity index (χ1) is 9.45. The summed E-state index contributed by atoms with van der Waals surface area (Å²) in [6, 6.07) is 0. The third-order valence-corrected chi connectivity index (χ3v) is 3.22. The Kier molecular flexibility index (Phi) is 10.4. The standard InChI is InChI=1S/C14H28O6/c1-6-9-10-12(7-2)11-16-13(15)17-19-20-18-14(4,5)8-3/h12H,6-11H2,1-5H3. The van der Waals surface area contributed by atoms with Crippen molar-refractivity contribution in [1.82, 2.24) is 0 Å². The molecule has 0 rings (SSSR count). The van der Waals surface area contributed by atoms with Crippen LogP contribution in [0.15, 0.2) is 0 Å². The van der Waals surface area contributed by atoms with Gasteiger partial charge in [0.05, 0.1) is 6.61 Å². The van der Waals surface area contributed by atoms with Crippen molar-refractivity contribution in [1.29, 1.82) is 0 Å². The van der Waals surface area contributed by atoms with E-state index in [1.54, 1.807) is 0 Å². The molecule has 0 saturated heterocycles. The molecule has 0 N–H and O–H groups in total. The van der Waals surface area contributed by atoms with Crippen LogP contribution in [0.25, 0.3) is 0 Å². The SMILES string of the molecule is CCCCC(CC)COC(=O)OOOOC(C)(C)CC. The van der Waals surface area contributed by atoms with E-state index in [1.165, 1.54) is 0 Å². The zero-order valence-corrected chi connectivity index (χ0v) is 13.3. The maximum atomic E-state index is 11.2. The monoisotopic (exact) mass is 292 g/mol. The third kappa shape index (κ3) is 10.00. The number of carbonyl (C=O) groups is 1. The van der Waals surface area contributed by atoms with Gasteiger partial charge in [-0.3, -0.25) is 0 Å². The summed E-state index contributed by atoms with van der Waals surface area (Å²) in [5, 5.41) is 8.52. The Hall–Kier alpha value is -0.850. The summed E-state index contributed by atoms with van der Waals surface area (Å²) in [6.07, 6.45) is 4.03. The molecule has 0 saturated carbocycles. The van der Waals surface area contributed by atoms with Gasteiger partial charge in [-0.25, -0.2) is 9.68 Å². The molecule has 1 unspecified atom stereocenters. The Balaban J connectivity index is 3.67. The van der Waals surface area contributed by atoms with Crippen LogP contribution in [0.3, 0.4) is 0 Å². The fourth-order valence-corrected chi connectivity index (χ4v) is 1.31. The molecular formula is C14H28O6. The van der Waals surface area contributed by atoms with Crippen molar-refractivity contribution in [3.8, 4) is 0 Å². The van der Waals surface area contributed by atoms with Gasteiger partial charge in [-0.15, -0.1) is 0 Å². The topological polar surface area (TPSA) is 63.2 Å². The predicted molar refractivity (Wildman–Crippen MR) is 73.4 cm³/mol. The molecule has 6 nitrogen and oxygen atoms in total. The lowest BCUT2D eigenvalue weighted by Crippen LogP contribution is -2.24. The largest absolute Gasteiger partial charge is 0.542 e. The van der Waals surface area contributed by atoms with Crippen LogP contribution in [-0.2, 0) is 24.6 Å². The summed E-state index contributed by atoms with van der Waals surface area (Å²) < 4.78 is 4.93. The van der Waals surface area contributed by atoms with E-state index in [0.717, 1.165) is 32.1 Å². The zero-order valence-electron chi connectivity index (χ0n) is 13.3. The van der Waals surface area contributed by atoms with Gasteiger partial charge in [0.15, 0.2) is 0 Å². The van der Waals surface area contributed by atoms with Gasteiger partial charge in [-0.2, -0.15) is 4.89 Å². The average molecular weight is 292 g/mol. The summed E-state index contributed by atoms with van der Waals surface area (Å²) in [4.78, 5) is 20.4. The van der Waals surface area contributed by atoms with Gasteiger partial charge >= 0.3 is 6.16 Å². The number of hydrogen-bond acceptors (Lipinski definition) is 6. The van der Waals surface area contributed by atoms with Crippen LogP contribution in [0, 0.1) is 5.92 Å². The van der Waals surface area contributed by atoms with Crippen molar-refractivity contribution < 1.29 is 29.4 Å². The fourth-order valence-electron chi connectivity index (χ4n) is 1.31. The van der Waals surface area contributed by atoms with Gasteiger partial charge in [0.1, 0.15) is 5.60 Å². The number of hydrogen-bond donors (Lipinski definition) is 0. The van der Waals surface area contributed by atoms with Crippen molar-refractivity contribution in [2.45, 2.75) is 72.3 Å². The van der Waals surface area contributed by atoms with Crippen molar-refractivity contribution >= 4 is 6.16 Å². The zero-order chi connectivity index (χ0) is 15.4. The smallest absolute Gasteiger partial charge is 0.432 e. The molecule has 0 bridgehead atoms. The van der Waals surface area contributed by atoms with E-state index in [0.29, 0.717) is 12.5 Å². The Labute approximate surface area is 121 Å². The summed E-state index contributed by atoms with van der Waals surface area (Å²) in [7, 11) is 0. The van der Waals surface area contributed by atoms with E-state index >= 15 is 0 Å². The minimum absolute atomic E-state index is 0.319. The Morgan fingerprint density at radius 3 is 2.40 bits per heavy atom. The molecule has 0 aliphatic heterocycles. The van der Waals surface area contributed by atoms with Crippen molar-refractivity contribution in [2.75, 3.05) is 6.61 Å². The van der Waals surface area contributed by atoms with Crippen LogP contribution in [-0.4, -0.2) is 18.4 Å². The Morgan fingerprint density at radius 2 is 1.85 bits per heavy atom. The molecule has 0 heterocycles. The molecular weight excluding hydrogens is 264 g/mol. The van der Waals surface area contributed by atoms with Gasteiger partial charge in [-0.05, 0) is 37.6 Å². The maximum absolute atomic E-state index is 11.2. The second-order valence-corrected chi connectivity index (χ2v) is 5.39. The Bertz CT molecular complexity index is 254. The van der Waals surface area contributed by atoms with Gasteiger partial charge in [0.2, 0.25) is 0 Å². The second-order valence-electron chi connectivity index (χ2n) is 5.39. The lowest BCUT2D eigenvalue weighted by atomic mass is 10.0. The van der Waals surface area contributed by atoms with Crippen LogP contribution < -0.4 is 0 Å². The Morgan fingerprint density at radius 1 is 1.15 bits per heavy atom. The lowest BCUT2D eigenvalue weighted by molar-refractivity contribution is -0.635. The van der Waals surface area contributed by atoms with Gasteiger partial charge in [0, 0.05) is 5.04 Å². The molecule has 0 aromatic heterocycles. The number of rotatable bonds is 11. The van der Waals surface area contributed by atoms with Crippen molar-refractivity contribution in [3.63, 3.8) is 0 Å². The molecule has 0 spiro atoms. The summed E-state index contributed by atoms with van der Waals surface area (Å²) in [5.41, 5.74) is -0.513. The molecule has 6 heteroatoms. The molecule has 0 radical (unpaired) electrons. The van der Waals surface area contributed by atoms with Gasteiger partial charge in [0.25, 0.3) is 0 Å². The van der Waals surface area contributed by atoms with E-state index in [-0.39, 0.29) is 0 Å². The normalized spacial score (nSPS) is 13.1. The van der Waals surface area contributed by atoms with Crippen LogP contribution in [0.5, 0.6) is 0 Å². The number of unbranched alkanes of at least 4 members (excludes halogenated alkanes) is 1. The second kappa shape index (κ2) is 10.9. The molecule has 0 aromatic rings. The van der Waals surface area contributed by atoms with Gasteiger partial charge < -0.3 is 4.74 Å². The van der Waals surface area contributed by atoms with E-state index in [2.05, 4.69) is 28.8 Å². The van der Waals surface area contributed by atoms with E-state index < -0.39 is 11.8 Å². The van der Waals surface area contributed by atoms with Crippen LogP contribution in [0.2, 0.25) is 0 Å². The molecule has 0 aromatic carbocycles. The van der Waals surface area contributed by atoms with Crippen LogP contribution in [0.4, 0.5) is 4.79 Å². The molecule has 0 aliphatic rings. The molecule has 20 heavy (non-hydrogen) atoms. The van der Waals surface area contributed by atoms with E-state index in [9.17, 15) is 4.79 Å². The minimum Gasteiger partial charge on any atom is -0.432 e. The van der Waals surface area contributed by atoms with Crippen LogP contribution in [0.1, 0.15) is 66.7 Å². The number of carbonyl (C=O) groups excluding carboxylic acids is 1. The summed E-state index contributed by atoms with van der Waals surface area (Å²) >= 11 is 0. The van der Waals surface area contributed by atoms with E-state index in [4.69, 9.17) is 9.62 Å². The number of ether oxygens (including phenoxy) is 1. The predicted octanol–water partition coefficient (Wildman–Crippen LogP) is 4.34. The highest BCUT2D eigenvalue weighted by atomic mass is 17.7. The molecule has 120 valence electrons. The third-order valence-electron chi connectivity index (χ3n) is 3.22. The van der Waals surface area contributed by atoms with Crippen molar-refractivity contribution in [3.05, 3.63) is 0 Å². The summed E-state index contributed by atoms with van der Waals surface area (Å²) in [5.74, 6) is 0.346. The first-order valence-electron chi connectivity index (χ1n) is 7.30. The first-order valence-corrected chi connectivity index (χ1v) is 7.30. The quantitative estimate of drug-likeness (QED) is 0.244. The van der Waals surface area contributed by atoms with Crippen LogP contribution >= 0.6 is 0 Å². The highest BCUT2D eigenvalue weighted by Gasteiger charge is 2.18. The molecule has 0 fully saturated rings. The lowest BCUT2D eigenvalue weighted by Gasteiger charge is -2.19. The average Bonchev–Trinajstić information content (AvgIpc) is 2.44. The van der Waals surface area contributed by atoms with Crippen molar-refractivity contribution in [2.24, 2.45) is 5.92 Å².